The molecule has 0 bridgehead atoms. The topological polar surface area (TPSA) is 38.0 Å². The highest BCUT2D eigenvalue weighted by atomic mass is 14.9. The molecule has 1 aromatic rings. The molecular formula is C16H28N2. The molecule has 0 amide bonds. The fourth-order valence-electron chi connectivity index (χ4n) is 2.48. The van der Waals surface area contributed by atoms with E-state index < -0.39 is 0 Å². The van der Waals surface area contributed by atoms with E-state index in [2.05, 4.69) is 50.4 Å². The molecule has 0 aliphatic rings. The molecule has 3 N–H and O–H groups in total. The Hall–Kier alpha value is -0.860. The van der Waals surface area contributed by atoms with Crippen LogP contribution < -0.4 is 11.1 Å². The van der Waals surface area contributed by atoms with E-state index in [4.69, 9.17) is 5.73 Å². The average Bonchev–Trinajstić information content (AvgIpc) is 2.40. The van der Waals surface area contributed by atoms with Crippen molar-refractivity contribution in [3.05, 3.63) is 35.4 Å². The van der Waals surface area contributed by atoms with E-state index in [0.717, 1.165) is 13.0 Å². The van der Waals surface area contributed by atoms with Gasteiger partial charge in [0.2, 0.25) is 0 Å². The van der Waals surface area contributed by atoms with Gasteiger partial charge in [0.25, 0.3) is 0 Å². The van der Waals surface area contributed by atoms with Crippen molar-refractivity contribution in [1.82, 2.24) is 5.32 Å². The predicted octanol–water partition coefficient (Wildman–Crippen LogP) is 3.45. The lowest BCUT2D eigenvalue weighted by Gasteiger charge is -2.24. The van der Waals surface area contributed by atoms with Crippen LogP contribution in [-0.2, 0) is 0 Å². The molecule has 1 aromatic carbocycles. The molecule has 18 heavy (non-hydrogen) atoms. The quantitative estimate of drug-likeness (QED) is 0.775. The maximum absolute atomic E-state index is 5.65. The summed E-state index contributed by atoms with van der Waals surface area (Å²) in [5.74, 6) is 1.21. The van der Waals surface area contributed by atoms with Crippen molar-refractivity contribution in [1.29, 1.82) is 0 Å². The maximum atomic E-state index is 5.65. The zero-order valence-corrected chi connectivity index (χ0v) is 12.2. The van der Waals surface area contributed by atoms with Gasteiger partial charge in [-0.05, 0) is 49.4 Å². The zero-order chi connectivity index (χ0) is 13.5. The van der Waals surface area contributed by atoms with Crippen molar-refractivity contribution < 1.29 is 0 Å². The average molecular weight is 248 g/mol. The summed E-state index contributed by atoms with van der Waals surface area (Å²) in [5.41, 5.74) is 8.45. The molecule has 0 aliphatic carbocycles. The Balaban J connectivity index is 2.81. The first-order chi connectivity index (χ1) is 8.63. The molecule has 0 aromatic heterocycles. The van der Waals surface area contributed by atoms with E-state index in [0.29, 0.717) is 17.9 Å². The van der Waals surface area contributed by atoms with Crippen LogP contribution in [0.1, 0.15) is 56.7 Å². The highest BCUT2D eigenvalue weighted by molar-refractivity contribution is 5.27. The van der Waals surface area contributed by atoms with Crippen LogP contribution in [0.3, 0.4) is 0 Å². The molecule has 0 fully saturated rings. The van der Waals surface area contributed by atoms with Gasteiger partial charge in [-0.25, -0.2) is 0 Å². The minimum absolute atomic E-state index is 0.402. The third-order valence-corrected chi connectivity index (χ3v) is 3.98. The van der Waals surface area contributed by atoms with Crippen LogP contribution >= 0.6 is 0 Å². The van der Waals surface area contributed by atoms with Crippen LogP contribution in [-0.4, -0.2) is 13.6 Å². The van der Waals surface area contributed by atoms with Crippen molar-refractivity contribution in [2.75, 3.05) is 13.6 Å². The summed E-state index contributed by atoms with van der Waals surface area (Å²) in [6.07, 6.45) is 2.25. The van der Waals surface area contributed by atoms with Crippen molar-refractivity contribution in [3.63, 3.8) is 0 Å². The van der Waals surface area contributed by atoms with Gasteiger partial charge >= 0.3 is 0 Å². The van der Waals surface area contributed by atoms with Gasteiger partial charge in [0.15, 0.2) is 0 Å². The highest BCUT2D eigenvalue weighted by Gasteiger charge is 2.16. The number of hydrogen-bond acceptors (Lipinski definition) is 2. The minimum atomic E-state index is 0.402. The number of benzene rings is 1. The first-order valence-electron chi connectivity index (χ1n) is 7.11. The molecule has 3 unspecified atom stereocenters. The number of nitrogens with one attached hydrogen (secondary N) is 1. The van der Waals surface area contributed by atoms with Crippen LogP contribution in [0.2, 0.25) is 0 Å². The second kappa shape index (κ2) is 7.55. The minimum Gasteiger partial charge on any atom is -0.330 e. The van der Waals surface area contributed by atoms with Gasteiger partial charge in [0.1, 0.15) is 0 Å². The summed E-state index contributed by atoms with van der Waals surface area (Å²) in [6, 6.07) is 9.46. The summed E-state index contributed by atoms with van der Waals surface area (Å²) in [6.45, 7) is 7.53. The predicted molar refractivity (Wildman–Crippen MR) is 79.8 cm³/mol. The number of nitrogens with two attached hydrogens (primary N) is 1. The maximum Gasteiger partial charge on any atom is 0.0343 e. The molecule has 0 radical (unpaired) electrons. The Labute approximate surface area is 112 Å². The van der Waals surface area contributed by atoms with Crippen molar-refractivity contribution in [2.45, 2.75) is 45.6 Å². The molecule has 3 atom stereocenters. The summed E-state index contributed by atoms with van der Waals surface area (Å²) < 4.78 is 0. The Morgan fingerprint density at radius 3 is 2.11 bits per heavy atom. The number of hydrogen-bond donors (Lipinski definition) is 2. The van der Waals surface area contributed by atoms with E-state index in [1.54, 1.807) is 0 Å². The van der Waals surface area contributed by atoms with Gasteiger partial charge < -0.3 is 11.1 Å². The van der Waals surface area contributed by atoms with E-state index in [-0.39, 0.29) is 0 Å². The second-order valence-electron chi connectivity index (χ2n) is 5.30. The monoisotopic (exact) mass is 248 g/mol. The van der Waals surface area contributed by atoms with E-state index in [9.17, 15) is 0 Å². The van der Waals surface area contributed by atoms with Gasteiger partial charge in [0, 0.05) is 6.04 Å². The van der Waals surface area contributed by atoms with Crippen LogP contribution in [0.5, 0.6) is 0 Å². The van der Waals surface area contributed by atoms with Gasteiger partial charge in [-0.15, -0.1) is 0 Å². The third-order valence-electron chi connectivity index (χ3n) is 3.98. The summed E-state index contributed by atoms with van der Waals surface area (Å²) in [5, 5.41) is 3.41. The summed E-state index contributed by atoms with van der Waals surface area (Å²) in [4.78, 5) is 0. The lowest BCUT2D eigenvalue weighted by molar-refractivity contribution is 0.391. The standard InChI is InChI=1S/C16H28N2/c1-5-12(2)14-6-8-15(9-7-14)16(18-4)13(3)10-11-17/h6-9,12-13,16,18H,5,10-11,17H2,1-4H3. The molecule has 1 rings (SSSR count). The molecule has 0 heterocycles. The number of rotatable bonds is 7. The Morgan fingerprint density at radius 2 is 1.67 bits per heavy atom. The molecule has 0 aliphatic heterocycles. The van der Waals surface area contributed by atoms with Crippen molar-refractivity contribution >= 4 is 0 Å². The Morgan fingerprint density at radius 1 is 1.11 bits per heavy atom. The molecule has 2 heteroatoms. The second-order valence-corrected chi connectivity index (χ2v) is 5.30. The largest absolute Gasteiger partial charge is 0.330 e. The lowest BCUT2D eigenvalue weighted by atomic mass is 9.90. The smallest absolute Gasteiger partial charge is 0.0343 e. The van der Waals surface area contributed by atoms with Gasteiger partial charge in [0.05, 0.1) is 0 Å². The first-order valence-corrected chi connectivity index (χ1v) is 7.11. The van der Waals surface area contributed by atoms with Crippen molar-refractivity contribution in [2.24, 2.45) is 11.7 Å². The van der Waals surface area contributed by atoms with Crippen molar-refractivity contribution in [3.8, 4) is 0 Å². The molecule has 0 spiro atoms. The fraction of sp³-hybridized carbons (Fsp3) is 0.625. The van der Waals surface area contributed by atoms with E-state index >= 15 is 0 Å². The highest BCUT2D eigenvalue weighted by Crippen LogP contribution is 2.26. The van der Waals surface area contributed by atoms with Gasteiger partial charge in [-0.1, -0.05) is 45.0 Å². The van der Waals surface area contributed by atoms with E-state index in [1.807, 2.05) is 7.05 Å². The molecule has 0 saturated heterocycles. The first kappa shape index (κ1) is 15.2. The zero-order valence-electron chi connectivity index (χ0n) is 12.2. The lowest BCUT2D eigenvalue weighted by Crippen LogP contribution is -2.25. The summed E-state index contributed by atoms with van der Waals surface area (Å²) in [7, 11) is 2.03. The van der Waals surface area contributed by atoms with Gasteiger partial charge in [-0.3, -0.25) is 0 Å². The normalized spacial score (nSPS) is 16.3. The molecule has 2 nitrogen and oxygen atoms in total. The molecule has 0 saturated carbocycles. The van der Waals surface area contributed by atoms with Gasteiger partial charge in [-0.2, -0.15) is 0 Å². The van der Waals surface area contributed by atoms with Crippen LogP contribution in [0.4, 0.5) is 0 Å². The van der Waals surface area contributed by atoms with Crippen LogP contribution in [0.25, 0.3) is 0 Å². The summed E-state index contributed by atoms with van der Waals surface area (Å²) >= 11 is 0. The van der Waals surface area contributed by atoms with E-state index in [1.165, 1.54) is 17.5 Å². The van der Waals surface area contributed by atoms with Crippen LogP contribution in [0.15, 0.2) is 24.3 Å². The fourth-order valence-corrected chi connectivity index (χ4v) is 2.48. The Kier molecular flexibility index (Phi) is 6.37. The molecular weight excluding hydrogens is 220 g/mol. The third kappa shape index (κ3) is 3.82. The molecule has 102 valence electrons. The Bertz CT molecular complexity index is 331. The SMILES string of the molecule is CCC(C)c1ccc(C(NC)C(C)CCN)cc1. The van der Waals surface area contributed by atoms with Crippen LogP contribution in [0, 0.1) is 5.92 Å².